The fourth-order valence-corrected chi connectivity index (χ4v) is 4.00. The maximum absolute atomic E-state index is 12.7. The number of aromatic nitrogens is 1. The van der Waals surface area contributed by atoms with Gasteiger partial charge in [-0.3, -0.25) is 10.1 Å². The smallest absolute Gasteiger partial charge is 0.402 e. The predicted molar refractivity (Wildman–Crippen MR) is 136 cm³/mol. The van der Waals surface area contributed by atoms with Crippen molar-refractivity contribution in [2.45, 2.75) is 6.42 Å². The zero-order valence-corrected chi connectivity index (χ0v) is 19.7. The number of hydrogen-bond acceptors (Lipinski definition) is 6. The first kappa shape index (κ1) is 23.4. The average molecular weight is 462 g/mol. The Kier molecular flexibility index (Phi) is 7.49. The Balaban J connectivity index is 1.42. The summed E-state index contributed by atoms with van der Waals surface area (Å²) in [7, 11) is 3.99. The maximum Gasteiger partial charge on any atom is 0.417 e. The molecule has 0 spiro atoms. The van der Waals surface area contributed by atoms with Gasteiger partial charge in [0.1, 0.15) is 0 Å². The van der Waals surface area contributed by atoms with Crippen molar-refractivity contribution in [3.05, 3.63) is 82.8 Å². The highest BCUT2D eigenvalue weighted by Gasteiger charge is 2.18. The average Bonchev–Trinajstić information content (AvgIpc) is 2.85. The molecule has 8 nitrogen and oxygen atoms in total. The van der Waals surface area contributed by atoms with Crippen molar-refractivity contribution < 1.29 is 9.53 Å². The third-order valence-electron chi connectivity index (χ3n) is 6.04. The molecule has 8 heteroatoms. The van der Waals surface area contributed by atoms with Gasteiger partial charge in [0.25, 0.3) is 5.56 Å². The lowest BCUT2D eigenvalue weighted by Crippen LogP contribution is -2.44. The minimum Gasteiger partial charge on any atom is -0.402 e. The second-order valence-electron chi connectivity index (χ2n) is 8.53. The van der Waals surface area contributed by atoms with Crippen LogP contribution in [0.15, 0.2) is 71.7 Å². The number of carbonyl (C=O) groups excluding carboxylic acids is 1. The van der Waals surface area contributed by atoms with Gasteiger partial charge < -0.3 is 24.4 Å². The van der Waals surface area contributed by atoms with Crippen molar-refractivity contribution in [2.75, 3.05) is 61.9 Å². The minimum atomic E-state index is -0.704. The summed E-state index contributed by atoms with van der Waals surface area (Å²) in [5, 5.41) is 2.76. The highest BCUT2D eigenvalue weighted by Crippen LogP contribution is 2.24. The molecule has 0 atom stereocenters. The highest BCUT2D eigenvalue weighted by atomic mass is 16.6. The molecular weight excluding hydrogens is 430 g/mol. The molecule has 1 aliphatic rings. The van der Waals surface area contributed by atoms with Gasteiger partial charge >= 0.3 is 6.09 Å². The number of ether oxygens (including phenoxy) is 1. The van der Waals surface area contributed by atoms with E-state index in [4.69, 9.17) is 4.74 Å². The Labute approximate surface area is 199 Å². The van der Waals surface area contributed by atoms with E-state index in [0.29, 0.717) is 17.9 Å². The molecular formula is C26H31N5O3. The molecule has 0 aliphatic carbocycles. The van der Waals surface area contributed by atoms with E-state index >= 15 is 0 Å². The Morgan fingerprint density at radius 1 is 1.06 bits per heavy atom. The molecule has 0 radical (unpaired) electrons. The van der Waals surface area contributed by atoms with E-state index in [2.05, 4.69) is 39.3 Å². The number of benzene rings is 2. The molecule has 0 saturated carbocycles. The summed E-state index contributed by atoms with van der Waals surface area (Å²) in [4.78, 5) is 34.3. The summed E-state index contributed by atoms with van der Waals surface area (Å²) < 4.78 is 5.50. The molecule has 4 rings (SSSR count). The van der Waals surface area contributed by atoms with Crippen molar-refractivity contribution in [2.24, 2.45) is 0 Å². The number of nitrogens with zero attached hydrogens (tertiary/aromatic N) is 3. The zero-order chi connectivity index (χ0) is 23.9. The Bertz CT molecular complexity index is 1160. The lowest BCUT2D eigenvalue weighted by molar-refractivity contribution is 0.214. The number of hydrogen-bond donors (Lipinski definition) is 2. The molecule has 2 heterocycles. The van der Waals surface area contributed by atoms with Gasteiger partial charge in [-0.15, -0.1) is 0 Å². The van der Waals surface area contributed by atoms with Crippen molar-refractivity contribution in [1.82, 2.24) is 9.88 Å². The molecule has 1 aromatic heterocycles. The summed E-state index contributed by atoms with van der Waals surface area (Å²) in [5.74, 6) is -0.0224. The number of carbonyl (C=O) groups is 1. The number of pyridine rings is 1. The first-order chi connectivity index (χ1) is 16.5. The van der Waals surface area contributed by atoms with E-state index in [1.54, 1.807) is 12.3 Å². The standard InChI is InChI=1S/C26H31N5O3/c1-29-15-17-31(18-16-29)22-10-6-9-21(19-22)28-26(33)34-24-23(11-13-27-25(24)32)30(2)14-12-20-7-4-3-5-8-20/h3-11,13,19H,12,14-18H2,1-2H3,(H,27,32)(H,28,33). The molecule has 34 heavy (non-hydrogen) atoms. The van der Waals surface area contributed by atoms with Crippen LogP contribution in [0.4, 0.5) is 21.9 Å². The van der Waals surface area contributed by atoms with Crippen molar-refractivity contribution in [3.8, 4) is 5.75 Å². The predicted octanol–water partition coefficient (Wildman–Crippen LogP) is 3.42. The van der Waals surface area contributed by atoms with Gasteiger partial charge in [0.2, 0.25) is 5.75 Å². The SMILES string of the molecule is CN1CCN(c2cccc(NC(=O)Oc3c(N(C)CCc4ccccc4)cc[nH]c3=O)c2)CC1. The van der Waals surface area contributed by atoms with Crippen LogP contribution in [0.1, 0.15) is 5.56 Å². The molecule has 1 aliphatic heterocycles. The number of likely N-dealkylation sites (N-methyl/N-ethyl adjacent to an activating group) is 2. The number of aromatic amines is 1. The second kappa shape index (κ2) is 10.9. The van der Waals surface area contributed by atoms with E-state index in [0.717, 1.165) is 38.3 Å². The lowest BCUT2D eigenvalue weighted by Gasteiger charge is -2.34. The monoisotopic (exact) mass is 461 g/mol. The molecule has 1 amide bonds. The summed E-state index contributed by atoms with van der Waals surface area (Å²) in [5.41, 5.74) is 2.96. The van der Waals surface area contributed by atoms with Gasteiger partial charge in [-0.25, -0.2) is 4.79 Å². The quantitative estimate of drug-likeness (QED) is 0.561. The van der Waals surface area contributed by atoms with Crippen LogP contribution in [0.2, 0.25) is 0 Å². The third-order valence-corrected chi connectivity index (χ3v) is 6.04. The first-order valence-corrected chi connectivity index (χ1v) is 11.5. The summed E-state index contributed by atoms with van der Waals surface area (Å²) in [6, 6.07) is 19.5. The summed E-state index contributed by atoms with van der Waals surface area (Å²) >= 11 is 0. The van der Waals surface area contributed by atoms with Gasteiger partial charge in [-0.05, 0) is 43.3 Å². The van der Waals surface area contributed by atoms with Crippen molar-refractivity contribution in [3.63, 3.8) is 0 Å². The number of nitrogens with one attached hydrogen (secondary N) is 2. The van der Waals surface area contributed by atoms with Crippen LogP contribution in [0.5, 0.6) is 5.75 Å². The fraction of sp³-hybridized carbons (Fsp3) is 0.308. The molecule has 0 unspecified atom stereocenters. The van der Waals surface area contributed by atoms with Crippen LogP contribution in [-0.4, -0.2) is 62.8 Å². The summed E-state index contributed by atoms with van der Waals surface area (Å²) in [6.07, 6.45) is 1.65. The molecule has 3 aromatic rings. The van der Waals surface area contributed by atoms with Crippen LogP contribution < -0.4 is 25.4 Å². The van der Waals surface area contributed by atoms with E-state index < -0.39 is 11.7 Å². The van der Waals surface area contributed by atoms with Gasteiger partial charge in [-0.1, -0.05) is 36.4 Å². The minimum absolute atomic E-state index is 0.0224. The highest BCUT2D eigenvalue weighted by molar-refractivity contribution is 5.87. The second-order valence-corrected chi connectivity index (χ2v) is 8.53. The van der Waals surface area contributed by atoms with Crippen molar-refractivity contribution >= 4 is 23.2 Å². The van der Waals surface area contributed by atoms with Gasteiger partial charge in [0.15, 0.2) is 0 Å². The Morgan fingerprint density at radius 2 is 1.82 bits per heavy atom. The maximum atomic E-state index is 12.7. The summed E-state index contributed by atoms with van der Waals surface area (Å²) in [6.45, 7) is 4.53. The molecule has 2 aromatic carbocycles. The molecule has 2 N–H and O–H groups in total. The van der Waals surface area contributed by atoms with Crippen LogP contribution >= 0.6 is 0 Å². The van der Waals surface area contributed by atoms with Crippen LogP contribution in [0.3, 0.4) is 0 Å². The number of rotatable bonds is 7. The van der Waals surface area contributed by atoms with Gasteiger partial charge in [0, 0.05) is 57.3 Å². The first-order valence-electron chi connectivity index (χ1n) is 11.5. The Hall–Kier alpha value is -3.78. The Morgan fingerprint density at radius 3 is 2.59 bits per heavy atom. The van der Waals surface area contributed by atoms with Gasteiger partial charge in [0.05, 0.1) is 5.69 Å². The van der Waals surface area contributed by atoms with E-state index in [1.807, 2.05) is 54.4 Å². The molecule has 178 valence electrons. The lowest BCUT2D eigenvalue weighted by atomic mass is 10.1. The number of amides is 1. The topological polar surface area (TPSA) is 80.9 Å². The van der Waals surface area contributed by atoms with Gasteiger partial charge in [-0.2, -0.15) is 0 Å². The van der Waals surface area contributed by atoms with Crippen LogP contribution in [0, 0.1) is 0 Å². The molecule has 1 fully saturated rings. The third kappa shape index (κ3) is 5.96. The van der Waals surface area contributed by atoms with Crippen LogP contribution in [-0.2, 0) is 6.42 Å². The zero-order valence-electron chi connectivity index (χ0n) is 19.7. The normalized spacial score (nSPS) is 14.0. The molecule has 0 bridgehead atoms. The van der Waals surface area contributed by atoms with E-state index in [-0.39, 0.29) is 5.75 Å². The van der Waals surface area contributed by atoms with E-state index in [9.17, 15) is 9.59 Å². The van der Waals surface area contributed by atoms with Crippen LogP contribution in [0.25, 0.3) is 0 Å². The number of piperazine rings is 1. The van der Waals surface area contributed by atoms with E-state index in [1.165, 1.54) is 5.56 Å². The molecule has 1 saturated heterocycles. The largest absolute Gasteiger partial charge is 0.417 e. The number of H-pyrrole nitrogens is 1. The van der Waals surface area contributed by atoms with Crippen molar-refractivity contribution in [1.29, 1.82) is 0 Å². The fourth-order valence-electron chi connectivity index (χ4n) is 4.00. The number of anilines is 3.